The Kier molecular flexibility index (Phi) is 4.80. The number of hydrogen-bond donors (Lipinski definition) is 1. The molecule has 1 aromatic rings. The molecule has 16 heavy (non-hydrogen) atoms. The molecular formula is C14H16N2. The fourth-order valence-electron chi connectivity index (χ4n) is 1.17. The minimum absolute atomic E-state index is 0.529. The van der Waals surface area contributed by atoms with Crippen LogP contribution in [0.25, 0.3) is 0 Å². The van der Waals surface area contributed by atoms with Crippen LogP contribution < -0.4 is 5.73 Å². The molecule has 0 atom stereocenters. The molecule has 0 aliphatic heterocycles. The van der Waals surface area contributed by atoms with Crippen molar-refractivity contribution in [3.63, 3.8) is 0 Å². The molecule has 2 nitrogen and oxygen atoms in total. The number of benzene rings is 1. The van der Waals surface area contributed by atoms with Gasteiger partial charge in [-0.05, 0) is 13.0 Å². The third kappa shape index (κ3) is 3.96. The Hall–Kier alpha value is -2.09. The van der Waals surface area contributed by atoms with E-state index in [1.54, 1.807) is 6.08 Å². The van der Waals surface area contributed by atoms with Gasteiger partial charge in [-0.25, -0.2) is 4.99 Å². The molecule has 82 valence electrons. The molecule has 0 radical (unpaired) electrons. The summed E-state index contributed by atoms with van der Waals surface area (Å²) in [4.78, 5) is 4.29. The third-order valence-electron chi connectivity index (χ3n) is 1.95. The zero-order valence-electron chi connectivity index (χ0n) is 9.43. The average Bonchev–Trinajstić information content (AvgIpc) is 2.30. The molecule has 0 aliphatic carbocycles. The molecule has 0 fully saturated rings. The number of hydrogen-bond acceptors (Lipinski definition) is 1. The van der Waals surface area contributed by atoms with Crippen LogP contribution in [0.5, 0.6) is 0 Å². The van der Waals surface area contributed by atoms with Gasteiger partial charge >= 0.3 is 0 Å². The van der Waals surface area contributed by atoms with Crippen LogP contribution in [0.4, 0.5) is 0 Å². The van der Waals surface area contributed by atoms with Gasteiger partial charge in [-0.15, -0.1) is 0 Å². The van der Waals surface area contributed by atoms with Crippen LogP contribution in [0.2, 0.25) is 0 Å². The second-order valence-electron chi connectivity index (χ2n) is 3.29. The molecule has 0 aromatic heterocycles. The van der Waals surface area contributed by atoms with Crippen LogP contribution in [0.15, 0.2) is 71.9 Å². The van der Waals surface area contributed by atoms with Gasteiger partial charge in [0.25, 0.3) is 0 Å². The van der Waals surface area contributed by atoms with Crippen molar-refractivity contribution in [2.45, 2.75) is 6.92 Å². The molecule has 0 saturated heterocycles. The summed E-state index contributed by atoms with van der Waals surface area (Å²) in [5.74, 6) is 0.529. The second kappa shape index (κ2) is 6.40. The lowest BCUT2D eigenvalue weighted by Crippen LogP contribution is -2.12. The molecule has 0 bridgehead atoms. The van der Waals surface area contributed by atoms with E-state index in [1.807, 2.05) is 55.5 Å². The van der Waals surface area contributed by atoms with Crippen LogP contribution in [-0.2, 0) is 0 Å². The van der Waals surface area contributed by atoms with Gasteiger partial charge < -0.3 is 5.73 Å². The zero-order chi connectivity index (χ0) is 11.8. The molecule has 0 saturated carbocycles. The predicted octanol–water partition coefficient (Wildman–Crippen LogP) is 3.04. The molecule has 0 heterocycles. The molecule has 2 heteroatoms. The fourth-order valence-corrected chi connectivity index (χ4v) is 1.17. The Balaban J connectivity index is 2.81. The average molecular weight is 212 g/mol. The van der Waals surface area contributed by atoms with Crippen LogP contribution in [0.3, 0.4) is 0 Å². The fraction of sp³-hybridized carbons (Fsp3) is 0.0714. The maximum absolute atomic E-state index is 5.87. The lowest BCUT2D eigenvalue weighted by molar-refractivity contribution is 1.28. The van der Waals surface area contributed by atoms with Crippen molar-refractivity contribution in [1.29, 1.82) is 0 Å². The Morgan fingerprint density at radius 1 is 1.25 bits per heavy atom. The zero-order valence-corrected chi connectivity index (χ0v) is 9.43. The molecule has 1 aromatic carbocycles. The Morgan fingerprint density at radius 2 is 1.94 bits per heavy atom. The molecule has 2 N–H and O–H groups in total. The minimum Gasteiger partial charge on any atom is -0.383 e. The lowest BCUT2D eigenvalue weighted by Gasteiger charge is -1.99. The minimum atomic E-state index is 0.529. The molecular weight excluding hydrogens is 196 g/mol. The van der Waals surface area contributed by atoms with Crippen LogP contribution in [0.1, 0.15) is 12.5 Å². The number of rotatable bonds is 4. The van der Waals surface area contributed by atoms with Crippen molar-refractivity contribution in [2.24, 2.45) is 10.7 Å². The van der Waals surface area contributed by atoms with Gasteiger partial charge in [0.1, 0.15) is 5.84 Å². The molecule has 1 rings (SSSR count). The first kappa shape index (κ1) is 12.0. The molecule has 0 aliphatic rings. The highest BCUT2D eigenvalue weighted by molar-refractivity contribution is 5.97. The van der Waals surface area contributed by atoms with Gasteiger partial charge in [-0.1, -0.05) is 55.1 Å². The van der Waals surface area contributed by atoms with Crippen molar-refractivity contribution in [3.05, 3.63) is 72.5 Å². The van der Waals surface area contributed by atoms with E-state index in [0.717, 1.165) is 11.3 Å². The summed E-state index contributed by atoms with van der Waals surface area (Å²) in [7, 11) is 0. The van der Waals surface area contributed by atoms with Crippen LogP contribution in [0, 0.1) is 0 Å². The van der Waals surface area contributed by atoms with Crippen LogP contribution in [-0.4, -0.2) is 5.84 Å². The van der Waals surface area contributed by atoms with Gasteiger partial charge in [-0.3, -0.25) is 0 Å². The Morgan fingerprint density at radius 3 is 2.56 bits per heavy atom. The second-order valence-corrected chi connectivity index (χ2v) is 3.29. The van der Waals surface area contributed by atoms with E-state index in [-0.39, 0.29) is 0 Å². The van der Waals surface area contributed by atoms with E-state index in [2.05, 4.69) is 11.6 Å². The normalized spacial score (nSPS) is 13.1. The van der Waals surface area contributed by atoms with Crippen molar-refractivity contribution in [3.8, 4) is 0 Å². The Labute approximate surface area is 96.5 Å². The monoisotopic (exact) mass is 212 g/mol. The van der Waals surface area contributed by atoms with E-state index >= 15 is 0 Å². The van der Waals surface area contributed by atoms with E-state index < -0.39 is 0 Å². The highest BCUT2D eigenvalue weighted by Gasteiger charge is 1.95. The molecule has 0 spiro atoms. The Bertz CT molecular complexity index is 425. The number of allylic oxidation sites excluding steroid dienone is 5. The highest BCUT2D eigenvalue weighted by Crippen LogP contribution is 2.02. The van der Waals surface area contributed by atoms with Crippen LogP contribution >= 0.6 is 0 Å². The smallest absolute Gasteiger partial charge is 0.130 e. The summed E-state index contributed by atoms with van der Waals surface area (Å²) in [6.07, 6.45) is 7.33. The van der Waals surface area contributed by atoms with Crippen molar-refractivity contribution >= 4 is 5.84 Å². The highest BCUT2D eigenvalue weighted by atomic mass is 14.9. The first-order valence-electron chi connectivity index (χ1n) is 5.09. The van der Waals surface area contributed by atoms with Crippen molar-refractivity contribution < 1.29 is 0 Å². The summed E-state index contributed by atoms with van der Waals surface area (Å²) in [5, 5.41) is 0. The van der Waals surface area contributed by atoms with Gasteiger partial charge in [0, 0.05) is 11.3 Å². The summed E-state index contributed by atoms with van der Waals surface area (Å²) < 4.78 is 0. The summed E-state index contributed by atoms with van der Waals surface area (Å²) >= 11 is 0. The van der Waals surface area contributed by atoms with Gasteiger partial charge in [0.15, 0.2) is 0 Å². The van der Waals surface area contributed by atoms with E-state index in [0.29, 0.717) is 5.84 Å². The number of nitrogens with two attached hydrogens (primary N) is 1. The summed E-state index contributed by atoms with van der Waals surface area (Å²) in [6, 6.07) is 9.70. The molecule has 0 unspecified atom stereocenters. The standard InChI is InChI=1S/C14H16N2/c1-3-4-6-9-12(2)16-14(15)13-10-7-5-8-11-13/h3-11H,1H2,2H3,(H2,15,16)/b6-4-,12-9-. The summed E-state index contributed by atoms with van der Waals surface area (Å²) in [5.41, 5.74) is 7.66. The quantitative estimate of drug-likeness (QED) is 0.465. The first-order chi connectivity index (χ1) is 7.74. The first-order valence-corrected chi connectivity index (χ1v) is 5.09. The maximum Gasteiger partial charge on any atom is 0.130 e. The van der Waals surface area contributed by atoms with E-state index in [9.17, 15) is 0 Å². The number of nitrogens with zero attached hydrogens (tertiary/aromatic N) is 1. The topological polar surface area (TPSA) is 38.4 Å². The summed E-state index contributed by atoms with van der Waals surface area (Å²) in [6.45, 7) is 5.50. The maximum atomic E-state index is 5.87. The largest absolute Gasteiger partial charge is 0.383 e. The van der Waals surface area contributed by atoms with Gasteiger partial charge in [-0.2, -0.15) is 0 Å². The van der Waals surface area contributed by atoms with Crippen molar-refractivity contribution in [2.75, 3.05) is 0 Å². The van der Waals surface area contributed by atoms with E-state index in [1.165, 1.54) is 0 Å². The number of amidine groups is 1. The number of aliphatic imine (C=N–C) groups is 1. The van der Waals surface area contributed by atoms with Gasteiger partial charge in [0.05, 0.1) is 0 Å². The lowest BCUT2D eigenvalue weighted by atomic mass is 10.2. The third-order valence-corrected chi connectivity index (χ3v) is 1.95. The SMILES string of the molecule is C=C/C=C\C=C(\C)N=C(N)c1ccccc1. The van der Waals surface area contributed by atoms with Gasteiger partial charge in [0.2, 0.25) is 0 Å². The predicted molar refractivity (Wildman–Crippen MR) is 70.3 cm³/mol. The van der Waals surface area contributed by atoms with Crippen molar-refractivity contribution in [1.82, 2.24) is 0 Å². The molecule has 0 amide bonds. The van der Waals surface area contributed by atoms with E-state index in [4.69, 9.17) is 5.73 Å².